The van der Waals surface area contributed by atoms with Gasteiger partial charge in [-0.1, -0.05) is 36.4 Å². The number of carbonyl (C=O) groups is 1. The van der Waals surface area contributed by atoms with Gasteiger partial charge in [0.1, 0.15) is 11.4 Å². The number of hydrogen-bond donors (Lipinski definition) is 1. The standard InChI is InChI=1S/C28H28N4O2S/c1-34-23-9-10-24(21-7-3-2-4-8-21)25(16-23)30-27(33)26-19-35-28(31-26)22-11-14-32(15-12-22)18-20-6-5-13-29-17-20/h2-10,13,16-17,19,22H,11-12,14-15,18H2,1H3,(H,30,33). The van der Waals surface area contributed by atoms with Gasteiger partial charge in [-0.25, -0.2) is 4.98 Å². The summed E-state index contributed by atoms with van der Waals surface area (Å²) in [4.78, 5) is 24.5. The summed E-state index contributed by atoms with van der Waals surface area (Å²) >= 11 is 1.58. The monoisotopic (exact) mass is 484 g/mol. The van der Waals surface area contributed by atoms with E-state index in [1.165, 1.54) is 5.56 Å². The molecule has 2 aromatic heterocycles. The van der Waals surface area contributed by atoms with Gasteiger partial charge in [0, 0.05) is 41.9 Å². The molecule has 1 saturated heterocycles. The molecule has 5 rings (SSSR count). The van der Waals surface area contributed by atoms with Crippen molar-refractivity contribution in [1.29, 1.82) is 0 Å². The number of ether oxygens (including phenoxy) is 1. The number of amides is 1. The van der Waals surface area contributed by atoms with Gasteiger partial charge in [0.05, 0.1) is 17.8 Å². The second-order valence-corrected chi connectivity index (χ2v) is 9.60. The van der Waals surface area contributed by atoms with Crippen LogP contribution in [0.25, 0.3) is 11.1 Å². The van der Waals surface area contributed by atoms with E-state index in [1.54, 1.807) is 18.4 Å². The van der Waals surface area contributed by atoms with Crippen molar-refractivity contribution in [2.45, 2.75) is 25.3 Å². The highest BCUT2D eigenvalue weighted by Crippen LogP contribution is 2.33. The van der Waals surface area contributed by atoms with E-state index in [0.29, 0.717) is 23.0 Å². The van der Waals surface area contributed by atoms with Crippen LogP contribution in [0.15, 0.2) is 78.4 Å². The van der Waals surface area contributed by atoms with E-state index in [0.717, 1.165) is 48.6 Å². The molecule has 0 aliphatic carbocycles. The minimum absolute atomic E-state index is 0.202. The van der Waals surface area contributed by atoms with E-state index in [4.69, 9.17) is 9.72 Å². The number of nitrogens with zero attached hydrogens (tertiary/aromatic N) is 3. The Bertz CT molecular complexity index is 1270. The minimum atomic E-state index is -0.202. The summed E-state index contributed by atoms with van der Waals surface area (Å²) < 4.78 is 5.39. The predicted molar refractivity (Wildman–Crippen MR) is 140 cm³/mol. The topological polar surface area (TPSA) is 67.3 Å². The van der Waals surface area contributed by atoms with Crippen LogP contribution >= 0.6 is 11.3 Å². The number of carbonyl (C=O) groups excluding carboxylic acids is 1. The number of rotatable bonds is 7. The minimum Gasteiger partial charge on any atom is -0.497 e. The summed E-state index contributed by atoms with van der Waals surface area (Å²) in [5, 5.41) is 5.98. The first-order valence-corrected chi connectivity index (χ1v) is 12.7. The largest absolute Gasteiger partial charge is 0.497 e. The number of likely N-dealkylation sites (tertiary alicyclic amines) is 1. The van der Waals surface area contributed by atoms with Crippen molar-refractivity contribution in [3.05, 3.63) is 94.7 Å². The maximum Gasteiger partial charge on any atom is 0.275 e. The summed E-state index contributed by atoms with van der Waals surface area (Å²) in [6.07, 6.45) is 5.83. The van der Waals surface area contributed by atoms with Crippen LogP contribution in [0.2, 0.25) is 0 Å². The predicted octanol–water partition coefficient (Wildman–Crippen LogP) is 5.85. The Morgan fingerprint density at radius 3 is 2.69 bits per heavy atom. The van der Waals surface area contributed by atoms with E-state index in [1.807, 2.05) is 72.4 Å². The molecule has 4 aromatic rings. The van der Waals surface area contributed by atoms with E-state index in [-0.39, 0.29) is 5.91 Å². The van der Waals surface area contributed by atoms with Crippen LogP contribution in [-0.4, -0.2) is 41.0 Å². The van der Waals surface area contributed by atoms with Crippen molar-refractivity contribution in [3.63, 3.8) is 0 Å². The lowest BCUT2D eigenvalue weighted by Crippen LogP contribution is -2.32. The van der Waals surface area contributed by atoms with Crippen LogP contribution in [0, 0.1) is 0 Å². The molecular weight excluding hydrogens is 456 g/mol. The van der Waals surface area contributed by atoms with Crippen molar-refractivity contribution in [1.82, 2.24) is 14.9 Å². The second-order valence-electron chi connectivity index (χ2n) is 8.71. The molecule has 6 nitrogen and oxygen atoms in total. The average Bonchev–Trinajstić information content (AvgIpc) is 3.41. The molecule has 0 atom stereocenters. The zero-order valence-electron chi connectivity index (χ0n) is 19.7. The van der Waals surface area contributed by atoms with Gasteiger partial charge in [-0.05, 0) is 55.3 Å². The number of pyridine rings is 1. The van der Waals surface area contributed by atoms with Crippen LogP contribution in [0.3, 0.4) is 0 Å². The molecule has 7 heteroatoms. The summed E-state index contributed by atoms with van der Waals surface area (Å²) in [6, 6.07) is 19.8. The fraction of sp³-hybridized carbons (Fsp3) is 0.250. The molecule has 0 saturated carbocycles. The lowest BCUT2D eigenvalue weighted by molar-refractivity contribution is 0.102. The fourth-order valence-corrected chi connectivity index (χ4v) is 5.45. The SMILES string of the molecule is COc1ccc(-c2ccccc2)c(NC(=O)c2csc(C3CCN(Cc4cccnc4)CC3)n2)c1. The van der Waals surface area contributed by atoms with Gasteiger partial charge in [0.15, 0.2) is 0 Å². The third kappa shape index (κ3) is 5.58. The first-order valence-electron chi connectivity index (χ1n) is 11.8. The second kappa shape index (κ2) is 10.8. The number of anilines is 1. The van der Waals surface area contributed by atoms with Gasteiger partial charge < -0.3 is 10.1 Å². The molecule has 0 spiro atoms. The van der Waals surface area contributed by atoms with Crippen molar-refractivity contribution in [2.75, 3.05) is 25.5 Å². The van der Waals surface area contributed by atoms with Crippen LogP contribution in [-0.2, 0) is 6.54 Å². The Kier molecular flexibility index (Phi) is 7.16. The zero-order chi connectivity index (χ0) is 24.0. The van der Waals surface area contributed by atoms with Gasteiger partial charge in [-0.3, -0.25) is 14.7 Å². The normalized spacial score (nSPS) is 14.5. The zero-order valence-corrected chi connectivity index (χ0v) is 20.5. The summed E-state index contributed by atoms with van der Waals surface area (Å²) in [7, 11) is 1.62. The average molecular weight is 485 g/mol. The smallest absolute Gasteiger partial charge is 0.275 e. The Hall–Kier alpha value is -3.55. The van der Waals surface area contributed by atoms with Gasteiger partial charge in [-0.15, -0.1) is 11.3 Å². The molecule has 1 amide bonds. The highest BCUT2D eigenvalue weighted by molar-refractivity contribution is 7.10. The van der Waals surface area contributed by atoms with E-state index < -0.39 is 0 Å². The van der Waals surface area contributed by atoms with Gasteiger partial charge in [-0.2, -0.15) is 0 Å². The molecule has 1 aliphatic rings. The Morgan fingerprint density at radius 2 is 1.94 bits per heavy atom. The maximum atomic E-state index is 13.1. The van der Waals surface area contributed by atoms with E-state index in [2.05, 4.69) is 21.3 Å². The lowest BCUT2D eigenvalue weighted by atomic mass is 9.97. The highest BCUT2D eigenvalue weighted by atomic mass is 32.1. The molecule has 1 fully saturated rings. The maximum absolute atomic E-state index is 13.1. The van der Waals surface area contributed by atoms with Gasteiger partial charge in [0.25, 0.3) is 5.91 Å². The van der Waals surface area contributed by atoms with Gasteiger partial charge in [0.2, 0.25) is 0 Å². The fourth-order valence-electron chi connectivity index (χ4n) is 4.48. The molecule has 2 aromatic carbocycles. The van der Waals surface area contributed by atoms with Crippen LogP contribution in [0.5, 0.6) is 5.75 Å². The van der Waals surface area contributed by atoms with E-state index >= 15 is 0 Å². The lowest BCUT2D eigenvalue weighted by Gasteiger charge is -2.30. The van der Waals surface area contributed by atoms with Crippen molar-refractivity contribution in [2.24, 2.45) is 0 Å². The Labute approximate surface area is 209 Å². The van der Waals surface area contributed by atoms with Crippen LogP contribution in [0.4, 0.5) is 5.69 Å². The molecular formula is C28H28N4O2S. The number of nitrogens with one attached hydrogen (secondary N) is 1. The van der Waals surface area contributed by atoms with Crippen molar-refractivity contribution >= 4 is 22.9 Å². The summed E-state index contributed by atoms with van der Waals surface area (Å²) in [5.74, 6) is 0.882. The van der Waals surface area contributed by atoms with Gasteiger partial charge >= 0.3 is 0 Å². The number of piperidine rings is 1. The molecule has 178 valence electrons. The molecule has 0 bridgehead atoms. The Morgan fingerprint density at radius 1 is 1.11 bits per heavy atom. The highest BCUT2D eigenvalue weighted by Gasteiger charge is 2.24. The molecule has 35 heavy (non-hydrogen) atoms. The van der Waals surface area contributed by atoms with Crippen LogP contribution in [0.1, 0.15) is 39.8 Å². The van der Waals surface area contributed by atoms with Crippen molar-refractivity contribution in [3.8, 4) is 16.9 Å². The summed E-state index contributed by atoms with van der Waals surface area (Å²) in [5.41, 5.74) is 4.38. The third-order valence-electron chi connectivity index (χ3n) is 6.38. The molecule has 0 radical (unpaired) electrons. The molecule has 0 unspecified atom stereocenters. The molecule has 1 N–H and O–H groups in total. The number of thiazole rings is 1. The Balaban J connectivity index is 1.25. The number of methoxy groups -OCH3 is 1. The van der Waals surface area contributed by atoms with Crippen molar-refractivity contribution < 1.29 is 9.53 Å². The molecule has 3 heterocycles. The number of hydrogen-bond acceptors (Lipinski definition) is 6. The quantitative estimate of drug-likeness (QED) is 0.357. The first-order chi connectivity index (χ1) is 17.2. The molecule has 1 aliphatic heterocycles. The third-order valence-corrected chi connectivity index (χ3v) is 7.39. The number of benzene rings is 2. The van der Waals surface area contributed by atoms with Crippen LogP contribution < -0.4 is 10.1 Å². The summed E-state index contributed by atoms with van der Waals surface area (Å²) in [6.45, 7) is 2.96. The number of aromatic nitrogens is 2. The van der Waals surface area contributed by atoms with E-state index in [9.17, 15) is 4.79 Å². The first kappa shape index (κ1) is 23.2.